The molecule has 11 nitrogen and oxygen atoms in total. The minimum absolute atomic E-state index is 0.137. The number of halogens is 1. The Hall–Kier alpha value is -3.80. The van der Waals surface area contributed by atoms with Crippen molar-refractivity contribution in [2.24, 2.45) is 0 Å². The summed E-state index contributed by atoms with van der Waals surface area (Å²) in [4.78, 5) is 35.2. The zero-order valence-electron chi connectivity index (χ0n) is 15.3. The average molecular weight is 473 g/mol. The molecule has 0 saturated heterocycles. The number of hydrogen-bond donors (Lipinski definition) is 3. The lowest BCUT2D eigenvalue weighted by Gasteiger charge is -2.10. The first-order valence-electron chi connectivity index (χ1n) is 8.47. The molecule has 1 aromatic carbocycles. The number of methoxy groups -OCH3 is 1. The number of nitrogens with one attached hydrogen (secondary N) is 1. The van der Waals surface area contributed by atoms with Gasteiger partial charge >= 0.3 is 12.1 Å². The van der Waals surface area contributed by atoms with Gasteiger partial charge in [0.1, 0.15) is 5.52 Å². The van der Waals surface area contributed by atoms with Gasteiger partial charge in [-0.3, -0.25) is 15.0 Å². The highest BCUT2D eigenvalue weighted by Crippen LogP contribution is 2.30. The van der Waals surface area contributed by atoms with E-state index in [1.54, 1.807) is 24.4 Å². The Morgan fingerprint density at radius 1 is 1.23 bits per heavy atom. The third kappa shape index (κ3) is 3.37. The van der Waals surface area contributed by atoms with Gasteiger partial charge in [0, 0.05) is 11.6 Å². The molecule has 4 rings (SSSR count). The lowest BCUT2D eigenvalue weighted by atomic mass is 10.0. The highest BCUT2D eigenvalue weighted by atomic mass is 79.9. The van der Waals surface area contributed by atoms with Crippen molar-refractivity contribution >= 4 is 55.9 Å². The topological polar surface area (TPSA) is 152 Å². The number of fused-ring (bicyclic) bond motifs is 2. The minimum atomic E-state index is -1.05. The Morgan fingerprint density at radius 2 is 2.03 bits per heavy atom. The van der Waals surface area contributed by atoms with Crippen LogP contribution >= 0.6 is 15.9 Å². The van der Waals surface area contributed by atoms with Crippen LogP contribution in [0.4, 0.5) is 10.7 Å². The van der Waals surface area contributed by atoms with E-state index in [4.69, 9.17) is 0 Å². The predicted octanol–water partition coefficient (Wildman–Crippen LogP) is 2.77. The fourth-order valence-corrected chi connectivity index (χ4v) is 3.51. The van der Waals surface area contributed by atoms with Crippen LogP contribution in [0.15, 0.2) is 35.1 Å². The van der Waals surface area contributed by atoms with Gasteiger partial charge in [-0.15, -0.1) is 0 Å². The van der Waals surface area contributed by atoms with Crippen LogP contribution in [0, 0.1) is 0 Å². The monoisotopic (exact) mass is 472 g/mol. The van der Waals surface area contributed by atoms with Crippen molar-refractivity contribution in [3.8, 4) is 5.88 Å². The number of aromatic carboxylic acids is 1. The molecule has 3 N–H and O–H groups in total. The summed E-state index contributed by atoms with van der Waals surface area (Å²) in [5, 5.41) is 26.9. The number of hydrogen-bond acceptors (Lipinski definition) is 8. The van der Waals surface area contributed by atoms with E-state index in [9.17, 15) is 19.8 Å². The number of nitrogens with zero attached hydrogens (tertiary/aromatic N) is 5. The van der Waals surface area contributed by atoms with Crippen molar-refractivity contribution in [1.29, 1.82) is 0 Å². The highest BCUT2D eigenvalue weighted by molar-refractivity contribution is 9.10. The molecule has 3 heterocycles. The molecule has 30 heavy (non-hydrogen) atoms. The van der Waals surface area contributed by atoms with Gasteiger partial charge in [-0.2, -0.15) is 10.1 Å². The first kappa shape index (κ1) is 19.5. The fourth-order valence-electron chi connectivity index (χ4n) is 3.05. The van der Waals surface area contributed by atoms with Gasteiger partial charge in [0.05, 0.1) is 24.7 Å². The molecule has 152 valence electrons. The van der Waals surface area contributed by atoms with Crippen molar-refractivity contribution in [3.63, 3.8) is 0 Å². The lowest BCUT2D eigenvalue weighted by molar-refractivity contribution is 0.0699. The van der Waals surface area contributed by atoms with Gasteiger partial charge < -0.3 is 14.9 Å². The Bertz CT molecular complexity index is 1320. The van der Waals surface area contributed by atoms with Gasteiger partial charge in [0.25, 0.3) is 0 Å². The molecule has 0 bridgehead atoms. The maximum atomic E-state index is 11.5. The Balaban J connectivity index is 1.81. The molecule has 0 atom stereocenters. The molecule has 0 aliphatic rings. The van der Waals surface area contributed by atoms with Crippen molar-refractivity contribution < 1.29 is 24.5 Å². The van der Waals surface area contributed by atoms with E-state index < -0.39 is 17.9 Å². The Labute approximate surface area is 176 Å². The van der Waals surface area contributed by atoms with Crippen molar-refractivity contribution in [3.05, 3.63) is 46.2 Å². The quantitative estimate of drug-likeness (QED) is 0.406. The SMILES string of the molecule is COC(=O)Nc1nc(O)c2c(n1)c(Br)nn2Cc1ccc(C(=O)O)c2cccnc12. The predicted molar refractivity (Wildman–Crippen MR) is 109 cm³/mol. The van der Waals surface area contributed by atoms with Crippen LogP contribution in [0.25, 0.3) is 21.9 Å². The third-order valence-electron chi connectivity index (χ3n) is 4.33. The number of anilines is 1. The number of carboxylic acid groups (broad SMARTS) is 1. The van der Waals surface area contributed by atoms with E-state index in [0.29, 0.717) is 21.1 Å². The third-order valence-corrected chi connectivity index (χ3v) is 4.86. The summed E-state index contributed by atoms with van der Waals surface area (Å²) in [6.07, 6.45) is 0.785. The molecule has 12 heteroatoms. The Morgan fingerprint density at radius 3 is 2.77 bits per heavy atom. The first-order valence-corrected chi connectivity index (χ1v) is 9.26. The zero-order valence-corrected chi connectivity index (χ0v) is 16.9. The van der Waals surface area contributed by atoms with Crippen molar-refractivity contribution in [2.45, 2.75) is 6.54 Å². The van der Waals surface area contributed by atoms with E-state index >= 15 is 0 Å². The molecular weight excluding hydrogens is 460 g/mol. The summed E-state index contributed by atoms with van der Waals surface area (Å²) in [6, 6.07) is 6.48. The maximum Gasteiger partial charge on any atom is 0.413 e. The van der Waals surface area contributed by atoms with Crippen LogP contribution in [-0.4, -0.2) is 54.1 Å². The molecule has 0 saturated carbocycles. The van der Waals surface area contributed by atoms with E-state index in [1.807, 2.05) is 0 Å². The number of amides is 1. The van der Waals surface area contributed by atoms with Gasteiger partial charge in [0.15, 0.2) is 10.1 Å². The number of ether oxygens (including phenoxy) is 1. The zero-order chi connectivity index (χ0) is 21.4. The summed E-state index contributed by atoms with van der Waals surface area (Å²) in [6.45, 7) is 0.163. The number of carbonyl (C=O) groups excluding carboxylic acids is 1. The molecule has 0 fully saturated rings. The molecule has 0 radical (unpaired) electrons. The molecule has 3 aromatic heterocycles. The summed E-state index contributed by atoms with van der Waals surface area (Å²) in [7, 11) is 1.19. The van der Waals surface area contributed by atoms with Crippen molar-refractivity contribution in [1.82, 2.24) is 24.7 Å². The molecular formula is C18H13BrN6O5. The van der Waals surface area contributed by atoms with Crippen LogP contribution in [0.2, 0.25) is 0 Å². The first-order chi connectivity index (χ1) is 14.4. The largest absolute Gasteiger partial charge is 0.492 e. The molecule has 0 unspecified atom stereocenters. The summed E-state index contributed by atoms with van der Waals surface area (Å²) in [5.74, 6) is -1.60. The highest BCUT2D eigenvalue weighted by Gasteiger charge is 2.20. The molecule has 4 aromatic rings. The minimum Gasteiger partial charge on any atom is -0.492 e. The number of carbonyl (C=O) groups is 2. The maximum absolute atomic E-state index is 11.5. The average Bonchev–Trinajstić information content (AvgIpc) is 3.03. The molecule has 1 amide bonds. The number of rotatable bonds is 4. The number of benzene rings is 1. The molecule has 0 aliphatic heterocycles. The second-order valence-electron chi connectivity index (χ2n) is 6.11. The number of carboxylic acids is 1. The molecule has 0 spiro atoms. The van der Waals surface area contributed by atoms with Crippen LogP contribution in [0.5, 0.6) is 5.88 Å². The number of pyridine rings is 1. The van der Waals surface area contributed by atoms with Crippen molar-refractivity contribution in [2.75, 3.05) is 12.4 Å². The smallest absolute Gasteiger partial charge is 0.413 e. The second-order valence-corrected chi connectivity index (χ2v) is 6.86. The van der Waals surface area contributed by atoms with E-state index in [1.165, 1.54) is 17.9 Å². The standard InChI is InChI=1S/C18H13BrN6O5/c1-30-18(29)23-17-21-12-13(15(26)22-17)25(24-14(12)19)7-8-4-5-10(16(27)28)9-3-2-6-20-11(8)9/h2-6H,7H2,1H3,(H,27,28)(H2,21,22,23,26,29). The lowest BCUT2D eigenvalue weighted by Crippen LogP contribution is -2.13. The Kier molecular flexibility index (Phi) is 4.91. The normalized spacial score (nSPS) is 11.0. The van der Waals surface area contributed by atoms with Gasteiger partial charge in [-0.1, -0.05) is 12.1 Å². The van der Waals surface area contributed by atoms with Crippen LogP contribution in [0.3, 0.4) is 0 Å². The van der Waals surface area contributed by atoms with Crippen LogP contribution in [0.1, 0.15) is 15.9 Å². The van der Waals surface area contributed by atoms with Crippen LogP contribution in [-0.2, 0) is 11.3 Å². The summed E-state index contributed by atoms with van der Waals surface area (Å²) >= 11 is 3.29. The van der Waals surface area contributed by atoms with Gasteiger partial charge in [-0.25, -0.2) is 14.6 Å². The number of aromatic nitrogens is 5. The van der Waals surface area contributed by atoms with Gasteiger partial charge in [-0.05, 0) is 33.6 Å². The van der Waals surface area contributed by atoms with Crippen LogP contribution < -0.4 is 5.32 Å². The van der Waals surface area contributed by atoms with E-state index in [-0.39, 0.29) is 29.1 Å². The fraction of sp³-hybridized carbons (Fsp3) is 0.111. The second kappa shape index (κ2) is 7.55. The molecule has 0 aliphatic carbocycles. The van der Waals surface area contributed by atoms with E-state index in [2.05, 4.69) is 46.0 Å². The van der Waals surface area contributed by atoms with Gasteiger partial charge in [0.2, 0.25) is 11.8 Å². The summed E-state index contributed by atoms with van der Waals surface area (Å²) < 4.78 is 6.28. The summed E-state index contributed by atoms with van der Waals surface area (Å²) in [5.41, 5.74) is 1.82. The van der Waals surface area contributed by atoms with E-state index in [0.717, 1.165) is 0 Å². The number of aromatic hydroxyl groups is 1.